The Morgan fingerprint density at radius 1 is 1.16 bits per heavy atom. The Bertz CT molecular complexity index is 1140. The molecule has 158 valence electrons. The maximum Gasteiger partial charge on any atom is 0.159 e. The molecule has 0 aromatic heterocycles. The fourth-order valence-corrected chi connectivity index (χ4v) is 3.96. The fraction of sp³-hybridized carbons (Fsp3) is 0.231. The Hall–Kier alpha value is -3.34. The van der Waals surface area contributed by atoms with E-state index < -0.39 is 11.6 Å². The van der Waals surface area contributed by atoms with E-state index in [9.17, 15) is 13.6 Å². The lowest BCUT2D eigenvalue weighted by molar-refractivity contribution is 0.101. The van der Waals surface area contributed by atoms with Crippen molar-refractivity contribution in [1.29, 1.82) is 0 Å². The number of ketones is 1. The average molecular weight is 419 g/mol. The third-order valence-corrected chi connectivity index (χ3v) is 5.68. The number of fused-ring (bicyclic) bond motifs is 1. The number of halogens is 2. The normalized spacial score (nSPS) is 18.1. The van der Waals surface area contributed by atoms with Crippen molar-refractivity contribution in [3.63, 3.8) is 0 Å². The van der Waals surface area contributed by atoms with Crippen LogP contribution in [0.5, 0.6) is 0 Å². The van der Waals surface area contributed by atoms with Crippen molar-refractivity contribution >= 4 is 17.1 Å². The molecule has 2 aliphatic rings. The number of ether oxygens (including phenoxy) is 1. The monoisotopic (exact) mass is 419 g/mol. The van der Waals surface area contributed by atoms with Gasteiger partial charge < -0.3 is 4.74 Å². The van der Waals surface area contributed by atoms with Crippen molar-refractivity contribution in [3.8, 4) is 0 Å². The summed E-state index contributed by atoms with van der Waals surface area (Å²) in [6, 6.07) is 11.4. The minimum atomic E-state index is -0.630. The van der Waals surface area contributed by atoms with Crippen LogP contribution in [0.2, 0.25) is 0 Å². The van der Waals surface area contributed by atoms with E-state index in [1.54, 1.807) is 13.0 Å². The molecule has 0 saturated heterocycles. The second-order valence-electron chi connectivity index (χ2n) is 7.75. The van der Waals surface area contributed by atoms with Gasteiger partial charge in [-0.1, -0.05) is 36.4 Å². The van der Waals surface area contributed by atoms with Gasteiger partial charge in [0.1, 0.15) is 24.0 Å². The number of carbonyl (C=O) groups is 1. The molecule has 0 amide bonds. The van der Waals surface area contributed by atoms with E-state index in [1.807, 2.05) is 37.3 Å². The van der Waals surface area contributed by atoms with Crippen LogP contribution in [-0.2, 0) is 11.3 Å². The highest BCUT2D eigenvalue weighted by Gasteiger charge is 2.26. The zero-order valence-corrected chi connectivity index (χ0v) is 17.5. The standard InChI is InChI=1S/C26H23F2NO2/c1-16-21(20-8-3-7-19(14-20)17(2)30)13-12-18-6-4-11-25(26(18)29-16)31-15-22-23(27)9-5-10-24(22)28/h3-11,14,18H,12-13,15H2,1-2H3. The number of rotatable bonds is 5. The molecule has 1 aliphatic heterocycles. The summed E-state index contributed by atoms with van der Waals surface area (Å²) < 4.78 is 33.8. The highest BCUT2D eigenvalue weighted by atomic mass is 19.1. The first-order valence-electron chi connectivity index (χ1n) is 10.3. The zero-order chi connectivity index (χ0) is 22.0. The Morgan fingerprint density at radius 2 is 1.90 bits per heavy atom. The van der Waals surface area contributed by atoms with Crippen LogP contribution in [0.25, 0.3) is 5.57 Å². The van der Waals surface area contributed by atoms with Crippen LogP contribution in [0.15, 0.2) is 77.1 Å². The zero-order valence-electron chi connectivity index (χ0n) is 17.5. The Morgan fingerprint density at radius 3 is 2.65 bits per heavy atom. The molecule has 2 aromatic carbocycles. The number of nitrogens with zero attached hydrogens (tertiary/aromatic N) is 1. The summed E-state index contributed by atoms with van der Waals surface area (Å²) in [6.45, 7) is 3.29. The fourth-order valence-electron chi connectivity index (χ4n) is 3.96. The molecular formula is C26H23F2NO2. The summed E-state index contributed by atoms with van der Waals surface area (Å²) in [6.07, 6.45) is 7.36. The first-order chi connectivity index (χ1) is 14.9. The van der Waals surface area contributed by atoms with Crippen LogP contribution < -0.4 is 0 Å². The van der Waals surface area contributed by atoms with Crippen molar-refractivity contribution in [1.82, 2.24) is 0 Å². The van der Waals surface area contributed by atoms with Gasteiger partial charge in [0.2, 0.25) is 0 Å². The lowest BCUT2D eigenvalue weighted by atomic mass is 9.89. The average Bonchev–Trinajstić information content (AvgIpc) is 2.92. The predicted molar refractivity (Wildman–Crippen MR) is 118 cm³/mol. The molecule has 4 rings (SSSR count). The van der Waals surface area contributed by atoms with Gasteiger partial charge in [0.05, 0.1) is 11.3 Å². The predicted octanol–water partition coefficient (Wildman–Crippen LogP) is 6.42. The molecule has 1 unspecified atom stereocenters. The highest BCUT2D eigenvalue weighted by molar-refractivity contribution is 6.04. The molecule has 3 nitrogen and oxygen atoms in total. The Kier molecular flexibility index (Phi) is 5.94. The molecular weight excluding hydrogens is 396 g/mol. The van der Waals surface area contributed by atoms with E-state index in [0.717, 1.165) is 35.4 Å². The minimum absolute atomic E-state index is 0.0237. The molecule has 0 spiro atoms. The minimum Gasteiger partial charge on any atom is -0.487 e. The molecule has 0 fully saturated rings. The molecule has 1 aliphatic carbocycles. The van der Waals surface area contributed by atoms with Crippen LogP contribution in [0.1, 0.15) is 48.2 Å². The van der Waals surface area contributed by atoms with Crippen molar-refractivity contribution in [3.05, 3.63) is 100 Å². The number of Topliss-reactive ketones (excluding diaryl/α,β-unsaturated/α-hetero) is 1. The summed E-state index contributed by atoms with van der Waals surface area (Å²) >= 11 is 0. The SMILES string of the molecule is CC(=O)c1cccc(C2=C(C)N=C3C(OCc4c(F)cccc4F)=CC=CC3CC2)c1. The smallest absolute Gasteiger partial charge is 0.159 e. The summed E-state index contributed by atoms with van der Waals surface area (Å²) in [4.78, 5) is 16.6. The summed E-state index contributed by atoms with van der Waals surface area (Å²) in [5.74, 6) is -0.664. The number of allylic oxidation sites excluding steroid dienone is 6. The van der Waals surface area contributed by atoms with Crippen molar-refractivity contribution < 1.29 is 18.3 Å². The highest BCUT2D eigenvalue weighted by Crippen LogP contribution is 2.34. The van der Waals surface area contributed by atoms with E-state index in [-0.39, 0.29) is 23.9 Å². The molecule has 2 aromatic rings. The van der Waals surface area contributed by atoms with E-state index in [1.165, 1.54) is 18.2 Å². The maximum absolute atomic E-state index is 14.0. The molecule has 0 radical (unpaired) electrons. The molecule has 1 atom stereocenters. The first kappa shape index (κ1) is 20.9. The van der Waals surface area contributed by atoms with Gasteiger partial charge in [-0.3, -0.25) is 9.79 Å². The van der Waals surface area contributed by atoms with Gasteiger partial charge in [0, 0.05) is 17.2 Å². The van der Waals surface area contributed by atoms with E-state index in [0.29, 0.717) is 11.3 Å². The third kappa shape index (κ3) is 4.41. The van der Waals surface area contributed by atoms with E-state index in [4.69, 9.17) is 9.73 Å². The number of hydrogen-bond donors (Lipinski definition) is 0. The van der Waals surface area contributed by atoms with Gasteiger partial charge in [-0.25, -0.2) is 8.78 Å². The molecule has 0 saturated carbocycles. The second-order valence-corrected chi connectivity index (χ2v) is 7.75. The van der Waals surface area contributed by atoms with E-state index >= 15 is 0 Å². The Balaban J connectivity index is 1.63. The van der Waals surface area contributed by atoms with Crippen LogP contribution in [0.4, 0.5) is 8.78 Å². The van der Waals surface area contributed by atoms with Gasteiger partial charge in [0.15, 0.2) is 5.78 Å². The van der Waals surface area contributed by atoms with Crippen LogP contribution >= 0.6 is 0 Å². The lowest BCUT2D eigenvalue weighted by Gasteiger charge is -2.20. The van der Waals surface area contributed by atoms with Crippen molar-refractivity contribution in [2.24, 2.45) is 10.9 Å². The Labute approximate surface area is 180 Å². The van der Waals surface area contributed by atoms with Crippen molar-refractivity contribution in [2.75, 3.05) is 0 Å². The topological polar surface area (TPSA) is 38.7 Å². The molecule has 1 heterocycles. The van der Waals surface area contributed by atoms with Crippen LogP contribution in [0.3, 0.4) is 0 Å². The van der Waals surface area contributed by atoms with Gasteiger partial charge in [0.25, 0.3) is 0 Å². The maximum atomic E-state index is 14.0. The molecule has 0 bridgehead atoms. The van der Waals surface area contributed by atoms with Gasteiger partial charge in [-0.15, -0.1) is 0 Å². The van der Waals surface area contributed by atoms with Gasteiger partial charge >= 0.3 is 0 Å². The number of carbonyl (C=O) groups excluding carboxylic acids is 1. The summed E-state index contributed by atoms with van der Waals surface area (Å²) in [5.41, 5.74) is 4.24. The molecule has 0 N–H and O–H groups in total. The van der Waals surface area contributed by atoms with Crippen molar-refractivity contribution in [2.45, 2.75) is 33.3 Å². The lowest BCUT2D eigenvalue weighted by Crippen LogP contribution is -2.19. The van der Waals surface area contributed by atoms with Crippen LogP contribution in [0, 0.1) is 17.6 Å². The first-order valence-corrected chi connectivity index (χ1v) is 10.3. The van der Waals surface area contributed by atoms with E-state index in [2.05, 4.69) is 6.08 Å². The largest absolute Gasteiger partial charge is 0.487 e. The van der Waals surface area contributed by atoms with Gasteiger partial charge in [-0.05, 0) is 62.1 Å². The number of benzene rings is 2. The van der Waals surface area contributed by atoms with Gasteiger partial charge in [-0.2, -0.15) is 0 Å². The third-order valence-electron chi connectivity index (χ3n) is 5.68. The number of aliphatic imine (C=N–C) groups is 1. The van der Waals surface area contributed by atoms with Crippen LogP contribution in [-0.4, -0.2) is 11.5 Å². The number of hydrogen-bond acceptors (Lipinski definition) is 3. The molecule has 5 heteroatoms. The summed E-state index contributed by atoms with van der Waals surface area (Å²) in [7, 11) is 0. The quantitative estimate of drug-likeness (QED) is 0.525. The second kappa shape index (κ2) is 8.80. The molecule has 31 heavy (non-hydrogen) atoms. The summed E-state index contributed by atoms with van der Waals surface area (Å²) in [5, 5.41) is 0.